The number of hydrogen-bond donors (Lipinski definition) is 0. The molecule has 7 rings (SSSR count). The monoisotopic (exact) mass is 781 g/mol. The van der Waals surface area contributed by atoms with Gasteiger partial charge in [0.15, 0.2) is 23.0 Å². The molecule has 0 spiro atoms. The molecule has 2 fully saturated rings. The number of hydrogen-bond acceptors (Lipinski definition) is 11. The second-order valence-corrected chi connectivity index (χ2v) is 14.9. The summed E-state index contributed by atoms with van der Waals surface area (Å²) in [6.07, 6.45) is 2.96. The molecule has 3 aliphatic rings. The van der Waals surface area contributed by atoms with E-state index >= 15 is 0 Å². The Kier molecular flexibility index (Phi) is 12.3. The third-order valence-corrected chi connectivity index (χ3v) is 11.2. The van der Waals surface area contributed by atoms with Gasteiger partial charge in [0, 0.05) is 50.6 Å². The van der Waals surface area contributed by atoms with Crippen molar-refractivity contribution in [1.82, 2.24) is 19.7 Å². The van der Waals surface area contributed by atoms with Crippen molar-refractivity contribution < 1.29 is 41.7 Å². The minimum absolute atomic E-state index is 0.00602. The van der Waals surface area contributed by atoms with E-state index in [4.69, 9.17) is 18.9 Å². The first-order valence-electron chi connectivity index (χ1n) is 18.8. The Bertz CT molecular complexity index is 1980. The first kappa shape index (κ1) is 38.7. The molecule has 4 heterocycles. The van der Waals surface area contributed by atoms with Gasteiger partial charge in [0.2, 0.25) is 0 Å². The van der Waals surface area contributed by atoms with Crippen molar-refractivity contribution in [2.24, 2.45) is 4.99 Å². The number of halogens is 3. The lowest BCUT2D eigenvalue weighted by atomic mass is 10.1. The number of aromatic nitrogens is 1. The normalized spacial score (nSPS) is 17.6. The van der Waals surface area contributed by atoms with E-state index in [0.29, 0.717) is 62.7 Å². The number of thiazole rings is 1. The summed E-state index contributed by atoms with van der Waals surface area (Å²) in [5, 5.41) is 0.659. The minimum Gasteiger partial charge on any atom is -0.493 e. The Morgan fingerprint density at radius 2 is 1.49 bits per heavy atom. The number of nitrogens with zero attached hydrogens (tertiary/aromatic N) is 5. The highest BCUT2D eigenvalue weighted by Crippen LogP contribution is 2.39. The Morgan fingerprint density at radius 3 is 2.18 bits per heavy atom. The molecule has 15 heteroatoms. The summed E-state index contributed by atoms with van der Waals surface area (Å²) in [5.74, 6) is 2.12. The second-order valence-electron chi connectivity index (χ2n) is 13.9. The number of methoxy groups -OCH3 is 2. The van der Waals surface area contributed by atoms with Crippen LogP contribution in [0.2, 0.25) is 0 Å². The maximum Gasteiger partial charge on any atom is 0.573 e. The largest absolute Gasteiger partial charge is 0.573 e. The number of amides is 1. The second kappa shape index (κ2) is 17.5. The van der Waals surface area contributed by atoms with E-state index in [-0.39, 0.29) is 17.7 Å². The molecule has 1 unspecified atom stereocenters. The highest BCUT2D eigenvalue weighted by Gasteiger charge is 2.33. The average Bonchev–Trinajstić information content (AvgIpc) is 3.81. The Hall–Kier alpha value is -4.60. The van der Waals surface area contributed by atoms with E-state index in [1.54, 1.807) is 20.3 Å². The molecule has 11 nitrogen and oxygen atoms in total. The molecule has 3 aliphatic heterocycles. The lowest BCUT2D eigenvalue weighted by molar-refractivity contribution is -0.274. The molecule has 3 aromatic carbocycles. The number of unbranched alkanes of at least 4 members (excludes halogenated alkanes) is 2. The molecule has 0 N–H and O–H groups in total. The average molecular weight is 782 g/mol. The van der Waals surface area contributed by atoms with Gasteiger partial charge in [-0.05, 0) is 94.1 Å². The van der Waals surface area contributed by atoms with Crippen LogP contribution in [0, 0.1) is 0 Å². The number of aliphatic imine (C=N–C) groups is 1. The van der Waals surface area contributed by atoms with Crippen LogP contribution in [0.25, 0.3) is 20.8 Å². The summed E-state index contributed by atoms with van der Waals surface area (Å²) in [6.45, 7) is 8.10. The Morgan fingerprint density at radius 1 is 0.800 bits per heavy atom. The summed E-state index contributed by atoms with van der Waals surface area (Å²) in [6, 6.07) is 13.3. The first-order chi connectivity index (χ1) is 26.7. The molecule has 4 aromatic rings. The SMILES string of the molecule is COc1cc(-c2nc3ccc(OC(F)(F)F)cc3s2)ccc1OCCCCN1CCN(CCCCOc2cc3c(cc2OC)C(=O)N2CCCC2C=N3)CC1. The predicted octanol–water partition coefficient (Wildman–Crippen LogP) is 7.84. The van der Waals surface area contributed by atoms with Crippen molar-refractivity contribution in [2.75, 3.05) is 73.2 Å². The van der Waals surface area contributed by atoms with Crippen LogP contribution in [-0.2, 0) is 0 Å². The van der Waals surface area contributed by atoms with Crippen LogP contribution in [0.5, 0.6) is 28.7 Å². The van der Waals surface area contributed by atoms with Crippen molar-refractivity contribution in [1.29, 1.82) is 0 Å². The number of rotatable bonds is 16. The summed E-state index contributed by atoms with van der Waals surface area (Å²) in [7, 11) is 3.18. The molecule has 294 valence electrons. The number of carbonyl (C=O) groups excluding carboxylic acids is 1. The lowest BCUT2D eigenvalue weighted by Gasteiger charge is -2.34. The minimum atomic E-state index is -4.75. The number of ether oxygens (including phenoxy) is 5. The third kappa shape index (κ3) is 9.62. The molecule has 55 heavy (non-hydrogen) atoms. The number of benzene rings is 3. The van der Waals surface area contributed by atoms with E-state index in [0.717, 1.165) is 89.9 Å². The summed E-state index contributed by atoms with van der Waals surface area (Å²) in [4.78, 5) is 29.2. The highest BCUT2D eigenvalue weighted by molar-refractivity contribution is 7.21. The van der Waals surface area contributed by atoms with E-state index in [2.05, 4.69) is 24.5 Å². The number of fused-ring (bicyclic) bond motifs is 3. The summed E-state index contributed by atoms with van der Waals surface area (Å²) < 4.78 is 66.0. The van der Waals surface area contributed by atoms with Gasteiger partial charge in [-0.25, -0.2) is 4.98 Å². The van der Waals surface area contributed by atoms with Gasteiger partial charge < -0.3 is 38.4 Å². The standard InChI is InChI=1S/C40H46F3N5O6S/c1-50-34-22-27(38-45-31-11-10-29(23-37(31)55-38)54-40(41,42)43)9-12-33(34)52-20-5-3-13-46-16-18-47(19-17-46)14-4-6-21-53-36-25-32-30(24-35(36)51-2)39(49)48-15-7-8-28(48)26-44-32/h9-12,22-26,28H,3-8,13-21H2,1-2H3. The van der Waals surface area contributed by atoms with Gasteiger partial charge in [-0.15, -0.1) is 24.5 Å². The fourth-order valence-corrected chi connectivity index (χ4v) is 8.23. The van der Waals surface area contributed by atoms with Crippen LogP contribution in [0.1, 0.15) is 48.9 Å². The first-order valence-corrected chi connectivity index (χ1v) is 19.6. The fourth-order valence-electron chi connectivity index (χ4n) is 7.24. The van der Waals surface area contributed by atoms with Crippen LogP contribution in [-0.4, -0.2) is 117 Å². The maximum absolute atomic E-state index is 13.1. The molecule has 1 atom stereocenters. The van der Waals surface area contributed by atoms with Crippen molar-refractivity contribution in [3.05, 3.63) is 54.1 Å². The van der Waals surface area contributed by atoms with Gasteiger partial charge in [-0.1, -0.05) is 0 Å². The number of piperazine rings is 1. The van der Waals surface area contributed by atoms with Crippen LogP contribution < -0.4 is 23.7 Å². The quantitative estimate of drug-likeness (QED) is 0.105. The number of alkyl halides is 3. The molecule has 0 bridgehead atoms. The summed E-state index contributed by atoms with van der Waals surface area (Å²) >= 11 is 1.28. The molecular weight excluding hydrogens is 736 g/mol. The Labute approximate surface area is 322 Å². The zero-order valence-corrected chi connectivity index (χ0v) is 31.9. The smallest absolute Gasteiger partial charge is 0.493 e. The predicted molar refractivity (Wildman–Crippen MR) is 206 cm³/mol. The molecule has 0 aliphatic carbocycles. The molecule has 0 radical (unpaired) electrons. The van der Waals surface area contributed by atoms with E-state index < -0.39 is 6.36 Å². The van der Waals surface area contributed by atoms with Gasteiger partial charge in [-0.2, -0.15) is 0 Å². The van der Waals surface area contributed by atoms with Crippen LogP contribution in [0.3, 0.4) is 0 Å². The van der Waals surface area contributed by atoms with Gasteiger partial charge in [0.05, 0.1) is 54.9 Å². The zero-order valence-electron chi connectivity index (χ0n) is 31.1. The maximum atomic E-state index is 13.1. The van der Waals surface area contributed by atoms with Crippen LogP contribution in [0.4, 0.5) is 18.9 Å². The third-order valence-electron chi connectivity index (χ3n) is 10.2. The summed E-state index contributed by atoms with van der Waals surface area (Å²) in [5.41, 5.74) is 2.58. The molecule has 1 aromatic heterocycles. The van der Waals surface area contributed by atoms with Gasteiger partial charge >= 0.3 is 6.36 Å². The van der Waals surface area contributed by atoms with Crippen LogP contribution >= 0.6 is 11.3 Å². The van der Waals surface area contributed by atoms with Crippen molar-refractivity contribution in [3.63, 3.8) is 0 Å². The lowest BCUT2D eigenvalue weighted by Crippen LogP contribution is -2.46. The zero-order chi connectivity index (χ0) is 38.4. The highest BCUT2D eigenvalue weighted by atomic mass is 32.1. The molecular formula is C40H46F3N5O6S. The van der Waals surface area contributed by atoms with Crippen molar-refractivity contribution >= 4 is 39.4 Å². The van der Waals surface area contributed by atoms with E-state index in [1.165, 1.54) is 29.5 Å². The topological polar surface area (TPSA) is 98.2 Å². The van der Waals surface area contributed by atoms with Gasteiger partial charge in [0.25, 0.3) is 5.91 Å². The van der Waals surface area contributed by atoms with Gasteiger partial charge in [0.1, 0.15) is 10.8 Å². The Balaban J connectivity index is 0.786. The molecule has 0 saturated carbocycles. The van der Waals surface area contributed by atoms with Gasteiger partial charge in [-0.3, -0.25) is 9.79 Å². The molecule has 2 saturated heterocycles. The number of carbonyl (C=O) groups is 1. The van der Waals surface area contributed by atoms with E-state index in [9.17, 15) is 18.0 Å². The van der Waals surface area contributed by atoms with Crippen molar-refractivity contribution in [3.8, 4) is 39.3 Å². The van der Waals surface area contributed by atoms with E-state index in [1.807, 2.05) is 35.4 Å². The molecule has 1 amide bonds. The van der Waals surface area contributed by atoms with Crippen molar-refractivity contribution in [2.45, 2.75) is 50.9 Å². The van der Waals surface area contributed by atoms with Crippen LogP contribution in [0.15, 0.2) is 53.5 Å². The fraction of sp³-hybridized carbons (Fsp3) is 0.475.